The minimum Gasteiger partial charge on any atom is -0.497 e. The number of thiophene rings is 2. The van der Waals surface area contributed by atoms with E-state index in [2.05, 4.69) is 27.3 Å². The lowest BCUT2D eigenvalue weighted by Crippen LogP contribution is -2.44. The number of nitrogens with one attached hydrogen (secondary N) is 1. The Balaban J connectivity index is 0.000000159. The predicted octanol–water partition coefficient (Wildman–Crippen LogP) is 7.10. The molecule has 0 saturated carbocycles. The van der Waals surface area contributed by atoms with E-state index in [1.807, 2.05) is 62.4 Å². The van der Waals surface area contributed by atoms with Gasteiger partial charge in [0.2, 0.25) is 0 Å². The minimum atomic E-state index is 0.680. The molecule has 0 atom stereocenters. The van der Waals surface area contributed by atoms with Crippen molar-refractivity contribution in [3.8, 4) is 46.4 Å². The van der Waals surface area contributed by atoms with E-state index in [4.69, 9.17) is 29.4 Å². The molecule has 13 heteroatoms. The molecule has 2 aliphatic rings. The van der Waals surface area contributed by atoms with Gasteiger partial charge in [-0.05, 0) is 86.3 Å². The number of nitriles is 2. The normalized spacial score (nSPS) is 14.2. The van der Waals surface area contributed by atoms with Crippen LogP contribution in [-0.4, -0.2) is 73.4 Å². The highest BCUT2D eigenvalue weighted by atomic mass is 32.1. The molecule has 51 heavy (non-hydrogen) atoms. The van der Waals surface area contributed by atoms with Crippen molar-refractivity contribution in [2.24, 2.45) is 0 Å². The van der Waals surface area contributed by atoms with Crippen LogP contribution in [0.4, 0.5) is 11.6 Å². The third-order valence-electron chi connectivity index (χ3n) is 9.26. The van der Waals surface area contributed by atoms with Gasteiger partial charge >= 0.3 is 0 Å². The number of nitrogens with zero attached hydrogens (tertiary/aromatic N) is 8. The zero-order valence-electron chi connectivity index (χ0n) is 29.0. The van der Waals surface area contributed by atoms with Crippen molar-refractivity contribution in [1.82, 2.24) is 25.3 Å². The van der Waals surface area contributed by atoms with Crippen LogP contribution >= 0.6 is 22.7 Å². The standard InChI is InChI=1S/C19H19N5OS.C19H18N4OS/c1-12-15(11-20)26-19-16(12)18(24-9-7-21-8-10-24)22-17(23-19)13-3-5-14(25-2)6-4-13;1-12-15(11-20)25-19-16(12)18(23-9-3-4-10-23)21-17(22-19)13-5-7-14(24-2)8-6-13/h3-6,21H,7-10H2,1-2H3;5-8H,3-4,9-10H2,1-2H3. The van der Waals surface area contributed by atoms with Gasteiger partial charge in [0.25, 0.3) is 0 Å². The van der Waals surface area contributed by atoms with Crippen molar-refractivity contribution < 1.29 is 9.47 Å². The number of piperazine rings is 1. The number of methoxy groups -OCH3 is 2. The second kappa shape index (κ2) is 14.9. The highest BCUT2D eigenvalue weighted by Crippen LogP contribution is 2.39. The molecular weight excluding hydrogens is 679 g/mol. The predicted molar refractivity (Wildman–Crippen MR) is 204 cm³/mol. The fourth-order valence-electron chi connectivity index (χ4n) is 6.45. The van der Waals surface area contributed by atoms with Gasteiger partial charge in [-0.3, -0.25) is 0 Å². The van der Waals surface area contributed by atoms with Gasteiger partial charge in [0.1, 0.15) is 54.7 Å². The number of fused-ring (bicyclic) bond motifs is 2. The average molecular weight is 716 g/mol. The number of aromatic nitrogens is 4. The molecule has 11 nitrogen and oxygen atoms in total. The van der Waals surface area contributed by atoms with Gasteiger partial charge in [0.15, 0.2) is 11.6 Å². The maximum atomic E-state index is 9.44. The lowest BCUT2D eigenvalue weighted by molar-refractivity contribution is 0.414. The minimum absolute atomic E-state index is 0.680. The molecule has 258 valence electrons. The average Bonchev–Trinajstić information content (AvgIpc) is 3.92. The summed E-state index contributed by atoms with van der Waals surface area (Å²) in [5, 5.41) is 24.3. The topological polar surface area (TPSA) is 136 Å². The van der Waals surface area contributed by atoms with Gasteiger partial charge in [-0.15, -0.1) is 22.7 Å². The number of anilines is 2. The monoisotopic (exact) mass is 715 g/mol. The lowest BCUT2D eigenvalue weighted by atomic mass is 10.1. The molecule has 0 radical (unpaired) electrons. The highest BCUT2D eigenvalue weighted by molar-refractivity contribution is 7.19. The van der Waals surface area contributed by atoms with E-state index in [1.165, 1.54) is 35.5 Å². The first-order valence-corrected chi connectivity index (χ1v) is 18.5. The molecular formula is C38H37N9O2S2. The maximum Gasteiger partial charge on any atom is 0.163 e. The van der Waals surface area contributed by atoms with Crippen molar-refractivity contribution >= 4 is 54.7 Å². The third kappa shape index (κ3) is 6.76. The fourth-order valence-corrected chi connectivity index (χ4v) is 8.40. The highest BCUT2D eigenvalue weighted by Gasteiger charge is 2.24. The largest absolute Gasteiger partial charge is 0.497 e. The van der Waals surface area contributed by atoms with Gasteiger partial charge in [-0.2, -0.15) is 10.5 Å². The number of rotatable bonds is 6. The number of hydrogen-bond donors (Lipinski definition) is 1. The smallest absolute Gasteiger partial charge is 0.163 e. The molecule has 8 rings (SSSR count). The number of ether oxygens (including phenoxy) is 2. The van der Waals surface area contributed by atoms with E-state index in [0.29, 0.717) is 16.5 Å². The lowest BCUT2D eigenvalue weighted by Gasteiger charge is -2.29. The molecule has 2 aromatic carbocycles. The van der Waals surface area contributed by atoms with E-state index in [1.54, 1.807) is 14.2 Å². The fraction of sp³-hybridized carbons (Fsp3) is 0.316. The molecule has 4 aromatic heterocycles. The van der Waals surface area contributed by atoms with Crippen LogP contribution in [0.2, 0.25) is 0 Å². The Morgan fingerprint density at radius 1 is 0.627 bits per heavy atom. The van der Waals surface area contributed by atoms with E-state index in [0.717, 1.165) is 110 Å². The summed E-state index contributed by atoms with van der Waals surface area (Å²) in [5.74, 6) is 4.88. The first-order valence-electron chi connectivity index (χ1n) is 16.8. The zero-order valence-corrected chi connectivity index (χ0v) is 30.6. The Kier molecular flexibility index (Phi) is 9.95. The van der Waals surface area contributed by atoms with Crippen molar-refractivity contribution in [3.05, 3.63) is 69.4 Å². The van der Waals surface area contributed by atoms with Gasteiger partial charge in [-0.25, -0.2) is 19.9 Å². The van der Waals surface area contributed by atoms with Gasteiger partial charge in [0, 0.05) is 50.4 Å². The molecule has 0 bridgehead atoms. The molecule has 0 unspecified atom stereocenters. The molecule has 6 heterocycles. The Bertz CT molecular complexity index is 2270. The summed E-state index contributed by atoms with van der Waals surface area (Å²) >= 11 is 2.89. The van der Waals surface area contributed by atoms with E-state index in [-0.39, 0.29) is 0 Å². The van der Waals surface area contributed by atoms with Crippen molar-refractivity contribution in [2.45, 2.75) is 26.7 Å². The van der Waals surface area contributed by atoms with Gasteiger partial charge in [0.05, 0.1) is 25.0 Å². The molecule has 2 fully saturated rings. The molecule has 2 aliphatic heterocycles. The summed E-state index contributed by atoms with van der Waals surface area (Å²) in [6.07, 6.45) is 2.36. The van der Waals surface area contributed by atoms with Crippen molar-refractivity contribution in [1.29, 1.82) is 10.5 Å². The van der Waals surface area contributed by atoms with Crippen LogP contribution in [0.5, 0.6) is 11.5 Å². The molecule has 2 saturated heterocycles. The summed E-state index contributed by atoms with van der Waals surface area (Å²) in [7, 11) is 3.30. The van der Waals surface area contributed by atoms with Crippen LogP contribution in [0.15, 0.2) is 48.5 Å². The van der Waals surface area contributed by atoms with Crippen LogP contribution in [0.3, 0.4) is 0 Å². The summed E-state index contributed by atoms with van der Waals surface area (Å²) in [4.78, 5) is 27.1. The molecule has 6 aromatic rings. The Hall–Kier alpha value is -5.34. The number of hydrogen-bond acceptors (Lipinski definition) is 13. The summed E-state index contributed by atoms with van der Waals surface area (Å²) in [6, 6.07) is 20.1. The zero-order chi connectivity index (χ0) is 35.5. The summed E-state index contributed by atoms with van der Waals surface area (Å²) < 4.78 is 10.5. The van der Waals surface area contributed by atoms with Crippen LogP contribution in [0.25, 0.3) is 43.2 Å². The van der Waals surface area contributed by atoms with E-state index < -0.39 is 0 Å². The summed E-state index contributed by atoms with van der Waals surface area (Å²) in [5.41, 5.74) is 3.86. The third-order valence-corrected chi connectivity index (χ3v) is 11.4. The number of aryl methyl sites for hydroxylation is 2. The van der Waals surface area contributed by atoms with Crippen LogP contribution in [-0.2, 0) is 0 Å². The molecule has 0 amide bonds. The first kappa shape index (κ1) is 34.1. The Labute approximate surface area is 304 Å². The quantitative estimate of drug-likeness (QED) is 0.189. The van der Waals surface area contributed by atoms with Crippen molar-refractivity contribution in [3.63, 3.8) is 0 Å². The van der Waals surface area contributed by atoms with Crippen LogP contribution in [0, 0.1) is 36.5 Å². The van der Waals surface area contributed by atoms with E-state index >= 15 is 0 Å². The van der Waals surface area contributed by atoms with E-state index in [9.17, 15) is 10.5 Å². The Morgan fingerprint density at radius 3 is 1.43 bits per heavy atom. The second-order valence-electron chi connectivity index (χ2n) is 12.3. The molecule has 0 spiro atoms. The second-order valence-corrected chi connectivity index (χ2v) is 14.3. The van der Waals surface area contributed by atoms with Gasteiger partial charge in [-0.1, -0.05) is 0 Å². The Morgan fingerprint density at radius 2 is 1.04 bits per heavy atom. The van der Waals surface area contributed by atoms with Crippen LogP contribution < -0.4 is 24.6 Å². The van der Waals surface area contributed by atoms with Crippen LogP contribution in [0.1, 0.15) is 33.7 Å². The van der Waals surface area contributed by atoms with Crippen molar-refractivity contribution in [2.75, 3.05) is 63.3 Å². The summed E-state index contributed by atoms with van der Waals surface area (Å²) in [6.45, 7) is 9.63. The first-order chi connectivity index (χ1) is 24.9. The SMILES string of the molecule is COc1ccc(-c2nc(N3CCCC3)c3c(C)c(C#N)sc3n2)cc1.COc1ccc(-c2nc(N3CCNCC3)c3c(C)c(C#N)sc3n2)cc1. The molecule has 0 aliphatic carbocycles. The molecule has 1 N–H and O–H groups in total. The maximum absolute atomic E-state index is 9.44. The number of benzene rings is 2. The van der Waals surface area contributed by atoms with Gasteiger partial charge < -0.3 is 24.6 Å².